The number of carbonyl (C=O) groups excluding carboxylic acids is 1. The maximum atomic E-state index is 12.6. The van der Waals surface area contributed by atoms with Crippen LogP contribution in [-0.4, -0.2) is 15.9 Å². The average Bonchev–Trinajstić information content (AvgIpc) is 2.46. The van der Waals surface area contributed by atoms with Gasteiger partial charge in [-0.1, -0.05) is 57.5 Å². The van der Waals surface area contributed by atoms with Gasteiger partial charge in [-0.05, 0) is 34.6 Å². The van der Waals surface area contributed by atoms with Gasteiger partial charge in [0.25, 0.3) is 5.91 Å². The van der Waals surface area contributed by atoms with Crippen molar-refractivity contribution in [2.24, 2.45) is 0 Å². The van der Waals surface area contributed by atoms with E-state index in [1.54, 1.807) is 0 Å². The Kier molecular flexibility index (Phi) is 5.60. The minimum Gasteiger partial charge on any atom is -0.321 e. The van der Waals surface area contributed by atoms with Crippen LogP contribution in [0.3, 0.4) is 0 Å². The first-order valence-corrected chi connectivity index (χ1v) is 8.19. The minimum absolute atomic E-state index is 0.0111. The maximum absolute atomic E-state index is 12.6. The second-order valence-electron chi connectivity index (χ2n) is 5.92. The second kappa shape index (κ2) is 7.28. The van der Waals surface area contributed by atoms with Crippen molar-refractivity contribution in [3.63, 3.8) is 0 Å². The lowest BCUT2D eigenvalue weighted by molar-refractivity contribution is 0.102. The normalized spacial score (nSPS) is 11.1. The smallest absolute Gasteiger partial charge is 0.260 e. The Balaban J connectivity index is 2.44. The van der Waals surface area contributed by atoms with E-state index in [0.717, 1.165) is 16.8 Å². The zero-order valence-electron chi connectivity index (χ0n) is 13.5. The van der Waals surface area contributed by atoms with Crippen molar-refractivity contribution in [2.45, 2.75) is 39.5 Å². The van der Waals surface area contributed by atoms with Gasteiger partial charge in [-0.2, -0.15) is 0 Å². The molecule has 0 aliphatic heterocycles. The first-order valence-electron chi connectivity index (χ1n) is 7.43. The third-order valence-electron chi connectivity index (χ3n) is 3.57. The van der Waals surface area contributed by atoms with E-state index in [-0.39, 0.29) is 33.7 Å². The molecule has 0 fully saturated rings. The lowest BCUT2D eigenvalue weighted by Gasteiger charge is -2.20. The highest BCUT2D eigenvalue weighted by atomic mass is 35.5. The van der Waals surface area contributed by atoms with E-state index in [4.69, 9.17) is 23.2 Å². The van der Waals surface area contributed by atoms with Gasteiger partial charge in [0.15, 0.2) is 0 Å². The molecular weight excluding hydrogens is 333 g/mol. The highest BCUT2D eigenvalue weighted by Gasteiger charge is 2.19. The van der Waals surface area contributed by atoms with Crippen molar-refractivity contribution in [3.05, 3.63) is 51.5 Å². The molecule has 1 heterocycles. The summed E-state index contributed by atoms with van der Waals surface area (Å²) in [5, 5.41) is 3.02. The molecule has 0 radical (unpaired) electrons. The maximum Gasteiger partial charge on any atom is 0.260 e. The molecule has 23 heavy (non-hydrogen) atoms. The van der Waals surface area contributed by atoms with Crippen LogP contribution in [0.2, 0.25) is 10.4 Å². The summed E-state index contributed by atoms with van der Waals surface area (Å²) in [5.74, 6) is 0.212. The number of nitrogens with zero attached hydrogens (tertiary/aromatic N) is 2. The van der Waals surface area contributed by atoms with Crippen LogP contribution in [0.15, 0.2) is 24.4 Å². The number of benzene rings is 1. The third kappa shape index (κ3) is 4.01. The van der Waals surface area contributed by atoms with Gasteiger partial charge in [0.2, 0.25) is 5.28 Å². The summed E-state index contributed by atoms with van der Waals surface area (Å²) in [4.78, 5) is 20.2. The zero-order valence-corrected chi connectivity index (χ0v) is 15.0. The largest absolute Gasteiger partial charge is 0.321 e. The molecular formula is C17H19Cl2N3O. The van der Waals surface area contributed by atoms with E-state index >= 15 is 0 Å². The van der Waals surface area contributed by atoms with Gasteiger partial charge in [-0.3, -0.25) is 4.79 Å². The standard InChI is InChI=1S/C17H19Cl2N3O/c1-9(2)11-6-5-7-12(10(3)4)14(11)21-16(23)13-8-20-17(19)22-15(13)18/h5-10H,1-4H3,(H,21,23). The monoisotopic (exact) mass is 351 g/mol. The zero-order chi connectivity index (χ0) is 17.1. The van der Waals surface area contributed by atoms with E-state index < -0.39 is 0 Å². The lowest BCUT2D eigenvalue weighted by atomic mass is 9.92. The number of hydrogen-bond donors (Lipinski definition) is 1. The van der Waals surface area contributed by atoms with Crippen molar-refractivity contribution in [3.8, 4) is 0 Å². The number of halogens is 2. The van der Waals surface area contributed by atoms with Crippen molar-refractivity contribution >= 4 is 34.8 Å². The summed E-state index contributed by atoms with van der Waals surface area (Å²) in [6.07, 6.45) is 1.33. The fraction of sp³-hybridized carbons (Fsp3) is 0.353. The van der Waals surface area contributed by atoms with Crippen LogP contribution in [0.1, 0.15) is 61.0 Å². The molecule has 0 atom stereocenters. The van der Waals surface area contributed by atoms with Crippen LogP contribution < -0.4 is 5.32 Å². The van der Waals surface area contributed by atoms with Gasteiger partial charge in [-0.15, -0.1) is 0 Å². The minimum atomic E-state index is -0.346. The van der Waals surface area contributed by atoms with Gasteiger partial charge >= 0.3 is 0 Å². The fourth-order valence-electron chi connectivity index (χ4n) is 2.37. The highest BCUT2D eigenvalue weighted by molar-refractivity contribution is 6.34. The summed E-state index contributed by atoms with van der Waals surface area (Å²) in [5.41, 5.74) is 3.18. The molecule has 4 nitrogen and oxygen atoms in total. The topological polar surface area (TPSA) is 54.9 Å². The lowest BCUT2D eigenvalue weighted by Crippen LogP contribution is -2.17. The quantitative estimate of drug-likeness (QED) is 0.601. The summed E-state index contributed by atoms with van der Waals surface area (Å²) in [6, 6.07) is 6.05. The van der Waals surface area contributed by atoms with Gasteiger partial charge in [-0.25, -0.2) is 9.97 Å². The van der Waals surface area contributed by atoms with Crippen molar-refractivity contribution < 1.29 is 4.79 Å². The third-order valence-corrected chi connectivity index (χ3v) is 4.04. The Morgan fingerprint density at radius 3 is 2.13 bits per heavy atom. The van der Waals surface area contributed by atoms with Crippen LogP contribution >= 0.6 is 23.2 Å². The fourth-order valence-corrected chi connectivity index (χ4v) is 2.76. The number of hydrogen-bond acceptors (Lipinski definition) is 3. The van der Waals surface area contributed by atoms with Crippen LogP contribution in [0.25, 0.3) is 0 Å². The molecule has 2 rings (SSSR count). The van der Waals surface area contributed by atoms with Crippen LogP contribution in [-0.2, 0) is 0 Å². The molecule has 0 saturated heterocycles. The molecule has 0 aliphatic carbocycles. The van der Waals surface area contributed by atoms with Gasteiger partial charge < -0.3 is 5.32 Å². The number of para-hydroxylation sites is 1. The summed E-state index contributed by atoms with van der Waals surface area (Å²) >= 11 is 11.7. The number of carbonyl (C=O) groups is 1. The van der Waals surface area contributed by atoms with Crippen LogP contribution in [0, 0.1) is 0 Å². The van der Waals surface area contributed by atoms with Crippen molar-refractivity contribution in [1.29, 1.82) is 0 Å². The van der Waals surface area contributed by atoms with Gasteiger partial charge in [0, 0.05) is 11.9 Å². The summed E-state index contributed by atoms with van der Waals surface area (Å²) < 4.78 is 0. The Bertz CT molecular complexity index is 704. The molecule has 1 aromatic heterocycles. The number of aromatic nitrogens is 2. The molecule has 1 aromatic carbocycles. The number of anilines is 1. The molecule has 6 heteroatoms. The highest BCUT2D eigenvalue weighted by Crippen LogP contribution is 2.33. The summed E-state index contributed by atoms with van der Waals surface area (Å²) in [7, 11) is 0. The number of nitrogens with one attached hydrogen (secondary N) is 1. The molecule has 122 valence electrons. The SMILES string of the molecule is CC(C)c1cccc(C(C)C)c1NC(=O)c1cnc(Cl)nc1Cl. The molecule has 0 saturated carbocycles. The first-order chi connectivity index (χ1) is 10.8. The predicted molar refractivity (Wildman–Crippen MR) is 94.6 cm³/mol. The number of rotatable bonds is 4. The Hall–Kier alpha value is -1.65. The molecule has 1 N–H and O–H groups in total. The van der Waals surface area contributed by atoms with E-state index in [0.29, 0.717) is 0 Å². The van der Waals surface area contributed by atoms with E-state index in [9.17, 15) is 4.79 Å². The molecule has 0 spiro atoms. The Morgan fingerprint density at radius 1 is 1.09 bits per heavy atom. The average molecular weight is 352 g/mol. The molecule has 1 amide bonds. The van der Waals surface area contributed by atoms with Gasteiger partial charge in [0.1, 0.15) is 5.15 Å². The Morgan fingerprint density at radius 2 is 1.65 bits per heavy atom. The van der Waals surface area contributed by atoms with E-state index in [2.05, 4.69) is 43.0 Å². The first kappa shape index (κ1) is 17.7. The van der Waals surface area contributed by atoms with E-state index in [1.807, 2.05) is 18.2 Å². The van der Waals surface area contributed by atoms with Crippen LogP contribution in [0.5, 0.6) is 0 Å². The predicted octanol–water partition coefficient (Wildman–Crippen LogP) is 5.28. The van der Waals surface area contributed by atoms with Gasteiger partial charge in [0.05, 0.1) is 5.56 Å². The van der Waals surface area contributed by atoms with Crippen molar-refractivity contribution in [2.75, 3.05) is 5.32 Å². The van der Waals surface area contributed by atoms with E-state index in [1.165, 1.54) is 6.20 Å². The molecule has 2 aromatic rings. The molecule has 0 unspecified atom stereocenters. The molecule has 0 bridgehead atoms. The van der Waals surface area contributed by atoms with Crippen LogP contribution in [0.4, 0.5) is 5.69 Å². The Labute approximate surface area is 146 Å². The second-order valence-corrected chi connectivity index (χ2v) is 6.61. The summed E-state index contributed by atoms with van der Waals surface area (Å²) in [6.45, 7) is 8.36. The number of amides is 1. The molecule has 0 aliphatic rings. The van der Waals surface area contributed by atoms with Crippen molar-refractivity contribution in [1.82, 2.24) is 9.97 Å².